The molecule has 0 radical (unpaired) electrons. The van der Waals surface area contributed by atoms with Crippen molar-refractivity contribution in [3.05, 3.63) is 46.8 Å². The van der Waals surface area contributed by atoms with Crippen LogP contribution in [0.15, 0.2) is 45.9 Å². The van der Waals surface area contributed by atoms with Crippen LogP contribution in [0.1, 0.15) is 6.42 Å². The molecule has 0 spiro atoms. The van der Waals surface area contributed by atoms with Crippen LogP contribution in [0, 0.1) is 5.82 Å². The second kappa shape index (κ2) is 7.27. The third-order valence-corrected chi connectivity index (χ3v) is 6.34. The first kappa shape index (κ1) is 18.1. The summed E-state index contributed by atoms with van der Waals surface area (Å²) in [4.78, 5) is 4.01. The lowest BCUT2D eigenvalue weighted by Crippen LogP contribution is -2.31. The van der Waals surface area contributed by atoms with Crippen molar-refractivity contribution < 1.29 is 22.3 Å². The van der Waals surface area contributed by atoms with Crippen LogP contribution in [0.4, 0.5) is 4.39 Å². The molecule has 3 rings (SSSR count). The van der Waals surface area contributed by atoms with Gasteiger partial charge in [0.05, 0.1) is 23.0 Å². The van der Waals surface area contributed by atoms with Gasteiger partial charge in [-0.15, -0.1) is 0 Å². The molecule has 2 heterocycles. The largest absolute Gasteiger partial charge is 0.494 e. The summed E-state index contributed by atoms with van der Waals surface area (Å²) >= 11 is 3.34. The Labute approximate surface area is 153 Å². The van der Waals surface area contributed by atoms with Crippen molar-refractivity contribution >= 4 is 26.0 Å². The van der Waals surface area contributed by atoms with Crippen molar-refractivity contribution in [3.8, 4) is 11.6 Å². The summed E-state index contributed by atoms with van der Waals surface area (Å²) in [7, 11) is -2.47. The first-order valence-corrected chi connectivity index (χ1v) is 9.76. The van der Waals surface area contributed by atoms with Gasteiger partial charge in [-0.3, -0.25) is 0 Å². The number of sulfonamides is 1. The molecule has 0 aliphatic carbocycles. The fourth-order valence-corrected chi connectivity index (χ4v) is 4.43. The number of rotatable bonds is 5. The molecule has 1 aromatic heterocycles. The highest BCUT2D eigenvalue weighted by Gasteiger charge is 2.34. The Hall–Kier alpha value is -1.71. The van der Waals surface area contributed by atoms with E-state index in [1.165, 1.54) is 23.5 Å². The molecule has 6 nitrogen and oxygen atoms in total. The van der Waals surface area contributed by atoms with E-state index in [0.717, 1.165) is 6.07 Å². The fourth-order valence-electron chi connectivity index (χ4n) is 2.58. The summed E-state index contributed by atoms with van der Waals surface area (Å²) in [5.74, 6) is -0.295. The molecular formula is C16H16BrFN2O4S. The number of pyridine rings is 1. The number of hydrogen-bond donors (Lipinski definition) is 0. The van der Waals surface area contributed by atoms with Crippen LogP contribution in [0.2, 0.25) is 0 Å². The lowest BCUT2D eigenvalue weighted by molar-refractivity contribution is 0.205. The number of nitrogens with zero attached hydrogens (tertiary/aromatic N) is 2. The van der Waals surface area contributed by atoms with E-state index in [9.17, 15) is 12.8 Å². The van der Waals surface area contributed by atoms with Gasteiger partial charge < -0.3 is 9.47 Å². The van der Waals surface area contributed by atoms with E-state index in [2.05, 4.69) is 20.9 Å². The van der Waals surface area contributed by atoms with Crippen LogP contribution in [-0.4, -0.2) is 44.0 Å². The van der Waals surface area contributed by atoms with Crippen LogP contribution in [0.5, 0.6) is 11.6 Å². The van der Waals surface area contributed by atoms with Crippen LogP contribution in [0.25, 0.3) is 0 Å². The van der Waals surface area contributed by atoms with Gasteiger partial charge in [0.2, 0.25) is 15.9 Å². The Balaban J connectivity index is 1.74. The van der Waals surface area contributed by atoms with Crippen molar-refractivity contribution in [2.24, 2.45) is 0 Å². The summed E-state index contributed by atoms with van der Waals surface area (Å²) in [5.41, 5.74) is 0. The van der Waals surface area contributed by atoms with Crippen molar-refractivity contribution in [3.63, 3.8) is 0 Å². The number of methoxy groups -OCH3 is 1. The zero-order chi connectivity index (χ0) is 18.0. The second-order valence-corrected chi connectivity index (χ2v) is 8.27. The third-order valence-electron chi connectivity index (χ3n) is 3.87. The quantitative estimate of drug-likeness (QED) is 0.729. The zero-order valence-corrected chi connectivity index (χ0v) is 15.8. The summed E-state index contributed by atoms with van der Waals surface area (Å²) in [6, 6.07) is 7.17. The predicted molar refractivity (Wildman–Crippen MR) is 92.7 cm³/mol. The molecule has 134 valence electrons. The summed E-state index contributed by atoms with van der Waals surface area (Å²) in [5, 5.41) is 0. The molecule has 0 amide bonds. The van der Waals surface area contributed by atoms with Gasteiger partial charge in [0.15, 0.2) is 11.6 Å². The van der Waals surface area contributed by atoms with Gasteiger partial charge in [0, 0.05) is 12.7 Å². The standard InChI is InChI=1S/C16H16BrFN2O4S/c1-23-15-5-4-12(9-14(15)18)25(21,22)20-8-6-11(10-20)24-16-13(17)3-2-7-19-16/h2-5,7,9,11H,6,8,10H2,1H3/t11-/m1/s1. The number of aromatic nitrogens is 1. The van der Waals surface area contributed by atoms with Gasteiger partial charge in [0.25, 0.3) is 0 Å². The van der Waals surface area contributed by atoms with Gasteiger partial charge in [-0.05, 0) is 52.7 Å². The molecule has 1 saturated heterocycles. The predicted octanol–water partition coefficient (Wildman–Crippen LogP) is 2.83. The number of ether oxygens (including phenoxy) is 2. The Kier molecular flexibility index (Phi) is 5.26. The van der Waals surface area contributed by atoms with Gasteiger partial charge in [-0.2, -0.15) is 4.31 Å². The van der Waals surface area contributed by atoms with Crippen molar-refractivity contribution in [2.75, 3.05) is 20.2 Å². The highest BCUT2D eigenvalue weighted by Crippen LogP contribution is 2.28. The zero-order valence-electron chi connectivity index (χ0n) is 13.4. The maximum absolute atomic E-state index is 13.8. The Morgan fingerprint density at radius 1 is 1.36 bits per heavy atom. The molecule has 1 aliphatic rings. The minimum atomic E-state index is -3.80. The van der Waals surface area contributed by atoms with Crippen LogP contribution >= 0.6 is 15.9 Å². The maximum atomic E-state index is 13.8. The van der Waals surface area contributed by atoms with E-state index in [0.29, 0.717) is 23.3 Å². The molecule has 0 unspecified atom stereocenters. The first-order chi connectivity index (χ1) is 11.9. The second-order valence-electron chi connectivity index (χ2n) is 5.48. The minimum absolute atomic E-state index is 0.00147. The van der Waals surface area contributed by atoms with Gasteiger partial charge in [-0.1, -0.05) is 0 Å². The van der Waals surface area contributed by atoms with E-state index in [1.54, 1.807) is 18.3 Å². The van der Waals surface area contributed by atoms with Gasteiger partial charge in [-0.25, -0.2) is 17.8 Å². The van der Waals surface area contributed by atoms with E-state index in [4.69, 9.17) is 9.47 Å². The van der Waals surface area contributed by atoms with E-state index >= 15 is 0 Å². The smallest absolute Gasteiger partial charge is 0.243 e. The van der Waals surface area contributed by atoms with Crippen molar-refractivity contribution in [2.45, 2.75) is 17.4 Å². The Bertz CT molecular complexity index is 878. The van der Waals surface area contributed by atoms with Gasteiger partial charge >= 0.3 is 0 Å². The number of hydrogen-bond acceptors (Lipinski definition) is 5. The SMILES string of the molecule is COc1ccc(S(=O)(=O)N2CC[C@@H](Oc3ncccc3Br)C2)cc1F. The maximum Gasteiger partial charge on any atom is 0.243 e. The molecule has 0 bridgehead atoms. The Morgan fingerprint density at radius 3 is 2.84 bits per heavy atom. The van der Waals surface area contributed by atoms with Gasteiger partial charge in [0.1, 0.15) is 6.10 Å². The number of halogens is 2. The monoisotopic (exact) mass is 430 g/mol. The highest BCUT2D eigenvalue weighted by molar-refractivity contribution is 9.10. The van der Waals surface area contributed by atoms with Crippen molar-refractivity contribution in [1.82, 2.24) is 9.29 Å². The van der Waals surface area contributed by atoms with E-state index in [-0.39, 0.29) is 23.3 Å². The summed E-state index contributed by atoms with van der Waals surface area (Å²) in [6.07, 6.45) is 1.81. The molecule has 1 atom stereocenters. The normalized spacial score (nSPS) is 18.3. The molecule has 1 aliphatic heterocycles. The molecule has 25 heavy (non-hydrogen) atoms. The molecular weight excluding hydrogens is 415 g/mol. The molecule has 1 aromatic carbocycles. The van der Waals surface area contributed by atoms with Crippen LogP contribution < -0.4 is 9.47 Å². The fraction of sp³-hybridized carbons (Fsp3) is 0.312. The summed E-state index contributed by atoms with van der Waals surface area (Å²) < 4.78 is 51.8. The summed E-state index contributed by atoms with van der Waals surface area (Å²) in [6.45, 7) is 0.476. The van der Waals surface area contributed by atoms with E-state index < -0.39 is 15.8 Å². The number of benzene rings is 1. The molecule has 9 heteroatoms. The molecule has 2 aromatic rings. The van der Waals surface area contributed by atoms with Crippen molar-refractivity contribution in [1.29, 1.82) is 0 Å². The average molecular weight is 431 g/mol. The lowest BCUT2D eigenvalue weighted by atomic mass is 10.3. The average Bonchev–Trinajstić information content (AvgIpc) is 3.06. The molecule has 0 saturated carbocycles. The third kappa shape index (κ3) is 3.78. The molecule has 1 fully saturated rings. The highest BCUT2D eigenvalue weighted by atomic mass is 79.9. The van der Waals surface area contributed by atoms with Crippen LogP contribution in [0.3, 0.4) is 0 Å². The first-order valence-electron chi connectivity index (χ1n) is 7.52. The van der Waals surface area contributed by atoms with Crippen LogP contribution in [-0.2, 0) is 10.0 Å². The lowest BCUT2D eigenvalue weighted by Gasteiger charge is -2.17. The van der Waals surface area contributed by atoms with E-state index in [1.807, 2.05) is 0 Å². The minimum Gasteiger partial charge on any atom is -0.494 e. The Morgan fingerprint density at radius 2 is 2.16 bits per heavy atom. The molecule has 0 N–H and O–H groups in total. The topological polar surface area (TPSA) is 68.7 Å².